The number of aryl methyl sites for hydroxylation is 1. The molecule has 0 unspecified atom stereocenters. The fraction of sp³-hybridized carbons (Fsp3) is 0.333. The fourth-order valence-electron chi connectivity index (χ4n) is 1.72. The van der Waals surface area contributed by atoms with Gasteiger partial charge in [-0.05, 0) is 24.1 Å². The lowest BCUT2D eigenvalue weighted by atomic mass is 10.2. The van der Waals surface area contributed by atoms with E-state index in [1.807, 2.05) is 0 Å². The second kappa shape index (κ2) is 6.60. The molecule has 1 aromatic carbocycles. The lowest BCUT2D eigenvalue weighted by molar-refractivity contribution is 0.542. The SMILES string of the molecule is NCc1cccc(S(=O)(=O)NCCCn2ccnn2)c1. The van der Waals surface area contributed by atoms with Gasteiger partial charge >= 0.3 is 0 Å². The average Bonchev–Trinajstić information content (AvgIpc) is 2.97. The minimum atomic E-state index is -3.48. The second-order valence-corrected chi connectivity index (χ2v) is 6.04. The number of hydrogen-bond donors (Lipinski definition) is 2. The summed E-state index contributed by atoms with van der Waals surface area (Å²) in [5.74, 6) is 0. The van der Waals surface area contributed by atoms with Crippen molar-refractivity contribution >= 4 is 10.0 Å². The molecule has 0 saturated heterocycles. The van der Waals surface area contributed by atoms with Crippen molar-refractivity contribution in [3.8, 4) is 0 Å². The van der Waals surface area contributed by atoms with Crippen LogP contribution in [0.3, 0.4) is 0 Å². The van der Waals surface area contributed by atoms with Gasteiger partial charge in [-0.25, -0.2) is 13.1 Å². The second-order valence-electron chi connectivity index (χ2n) is 4.27. The van der Waals surface area contributed by atoms with Crippen LogP contribution in [0.5, 0.6) is 0 Å². The molecule has 108 valence electrons. The standard InChI is InChI=1S/C12H17N5O2S/c13-10-11-3-1-4-12(9-11)20(18,19)15-5-2-7-17-8-6-14-16-17/h1,3-4,6,8-9,15H,2,5,7,10,13H2. The zero-order valence-corrected chi connectivity index (χ0v) is 11.8. The van der Waals surface area contributed by atoms with Crippen LogP contribution in [0, 0.1) is 0 Å². The molecule has 7 nitrogen and oxygen atoms in total. The number of aromatic nitrogens is 3. The third-order valence-corrected chi connectivity index (χ3v) is 4.23. The summed E-state index contributed by atoms with van der Waals surface area (Å²) >= 11 is 0. The van der Waals surface area contributed by atoms with Crippen LogP contribution in [0.25, 0.3) is 0 Å². The van der Waals surface area contributed by atoms with Gasteiger partial charge in [-0.1, -0.05) is 17.3 Å². The highest BCUT2D eigenvalue weighted by Gasteiger charge is 2.13. The van der Waals surface area contributed by atoms with E-state index >= 15 is 0 Å². The molecule has 0 aliphatic carbocycles. The van der Waals surface area contributed by atoms with Gasteiger partial charge in [0.25, 0.3) is 0 Å². The van der Waals surface area contributed by atoms with Gasteiger partial charge in [0.1, 0.15) is 0 Å². The number of nitrogens with one attached hydrogen (secondary N) is 1. The highest BCUT2D eigenvalue weighted by Crippen LogP contribution is 2.10. The van der Waals surface area contributed by atoms with Gasteiger partial charge < -0.3 is 5.73 Å². The van der Waals surface area contributed by atoms with E-state index in [1.165, 1.54) is 0 Å². The summed E-state index contributed by atoms with van der Waals surface area (Å²) in [7, 11) is -3.48. The van der Waals surface area contributed by atoms with Gasteiger partial charge in [-0.3, -0.25) is 4.68 Å². The molecule has 0 atom stereocenters. The first kappa shape index (κ1) is 14.6. The number of sulfonamides is 1. The molecule has 1 aromatic heterocycles. The van der Waals surface area contributed by atoms with E-state index < -0.39 is 10.0 Å². The zero-order chi connectivity index (χ0) is 14.4. The summed E-state index contributed by atoms with van der Waals surface area (Å²) in [5, 5.41) is 7.49. The Labute approximate surface area is 117 Å². The molecule has 2 aromatic rings. The van der Waals surface area contributed by atoms with Crippen LogP contribution in [0.2, 0.25) is 0 Å². The monoisotopic (exact) mass is 295 g/mol. The number of hydrogen-bond acceptors (Lipinski definition) is 5. The molecular formula is C12H17N5O2S. The molecule has 2 rings (SSSR count). The maximum Gasteiger partial charge on any atom is 0.240 e. The van der Waals surface area contributed by atoms with E-state index in [1.54, 1.807) is 41.3 Å². The first-order valence-electron chi connectivity index (χ1n) is 6.24. The van der Waals surface area contributed by atoms with Crippen molar-refractivity contribution in [2.45, 2.75) is 24.4 Å². The van der Waals surface area contributed by atoms with Crippen LogP contribution < -0.4 is 10.5 Å². The fourth-order valence-corrected chi connectivity index (χ4v) is 2.87. The smallest absolute Gasteiger partial charge is 0.240 e. The average molecular weight is 295 g/mol. The van der Waals surface area contributed by atoms with Crippen LogP contribution in [-0.2, 0) is 23.1 Å². The van der Waals surface area contributed by atoms with Gasteiger partial charge in [0.2, 0.25) is 10.0 Å². The molecule has 8 heteroatoms. The molecular weight excluding hydrogens is 278 g/mol. The maximum absolute atomic E-state index is 12.1. The van der Waals surface area contributed by atoms with Gasteiger partial charge in [0, 0.05) is 25.8 Å². The Balaban J connectivity index is 1.90. The van der Waals surface area contributed by atoms with E-state index in [-0.39, 0.29) is 4.90 Å². The Kier molecular flexibility index (Phi) is 4.83. The summed E-state index contributed by atoms with van der Waals surface area (Å²) in [6.07, 6.45) is 3.96. The van der Waals surface area contributed by atoms with Crippen LogP contribution in [-0.4, -0.2) is 30.0 Å². The Hall–Kier alpha value is -1.77. The predicted molar refractivity (Wildman–Crippen MR) is 74.2 cm³/mol. The van der Waals surface area contributed by atoms with Crippen LogP contribution in [0.15, 0.2) is 41.6 Å². The van der Waals surface area contributed by atoms with Crippen LogP contribution >= 0.6 is 0 Å². The molecule has 1 heterocycles. The van der Waals surface area contributed by atoms with E-state index in [2.05, 4.69) is 15.0 Å². The lowest BCUT2D eigenvalue weighted by Crippen LogP contribution is -2.25. The number of rotatable bonds is 7. The first-order chi connectivity index (χ1) is 9.62. The van der Waals surface area contributed by atoms with Gasteiger partial charge in [0.15, 0.2) is 0 Å². The molecule has 0 aliphatic heterocycles. The van der Waals surface area contributed by atoms with Crippen molar-refractivity contribution in [3.05, 3.63) is 42.2 Å². The Morgan fingerprint density at radius 2 is 2.20 bits per heavy atom. The first-order valence-corrected chi connectivity index (χ1v) is 7.73. The third-order valence-electron chi connectivity index (χ3n) is 2.77. The van der Waals surface area contributed by atoms with Crippen molar-refractivity contribution < 1.29 is 8.42 Å². The number of benzene rings is 1. The quantitative estimate of drug-likeness (QED) is 0.705. The lowest BCUT2D eigenvalue weighted by Gasteiger charge is -2.07. The molecule has 0 radical (unpaired) electrons. The van der Waals surface area contributed by atoms with E-state index in [9.17, 15) is 8.42 Å². The van der Waals surface area contributed by atoms with Gasteiger partial charge in [0.05, 0.1) is 11.1 Å². The zero-order valence-electron chi connectivity index (χ0n) is 10.9. The highest BCUT2D eigenvalue weighted by atomic mass is 32.2. The summed E-state index contributed by atoms with van der Waals surface area (Å²) in [6.45, 7) is 1.27. The highest BCUT2D eigenvalue weighted by molar-refractivity contribution is 7.89. The normalized spacial score (nSPS) is 11.7. The molecule has 20 heavy (non-hydrogen) atoms. The maximum atomic E-state index is 12.1. The summed E-state index contributed by atoms with van der Waals surface area (Å²) in [5.41, 5.74) is 6.29. The Bertz CT molecular complexity index is 640. The van der Waals surface area contributed by atoms with E-state index in [4.69, 9.17) is 5.73 Å². The van der Waals surface area contributed by atoms with Crippen molar-refractivity contribution in [2.75, 3.05) is 6.54 Å². The predicted octanol–water partition coefficient (Wildman–Crippen LogP) is 0.105. The summed E-state index contributed by atoms with van der Waals surface area (Å²) in [6, 6.07) is 6.62. The van der Waals surface area contributed by atoms with Crippen LogP contribution in [0.1, 0.15) is 12.0 Å². The molecule has 0 fully saturated rings. The van der Waals surface area contributed by atoms with E-state index in [0.29, 0.717) is 26.1 Å². The van der Waals surface area contributed by atoms with Gasteiger partial charge in [-0.2, -0.15) is 0 Å². The Morgan fingerprint density at radius 1 is 1.35 bits per heavy atom. The molecule has 0 saturated carbocycles. The summed E-state index contributed by atoms with van der Waals surface area (Å²) in [4.78, 5) is 0.237. The minimum absolute atomic E-state index is 0.237. The molecule has 3 N–H and O–H groups in total. The Morgan fingerprint density at radius 3 is 2.90 bits per heavy atom. The van der Waals surface area contributed by atoms with E-state index in [0.717, 1.165) is 5.56 Å². The third kappa shape index (κ3) is 3.86. The van der Waals surface area contributed by atoms with Crippen molar-refractivity contribution in [1.82, 2.24) is 19.7 Å². The number of nitrogens with zero attached hydrogens (tertiary/aromatic N) is 3. The number of nitrogens with two attached hydrogens (primary N) is 1. The topological polar surface area (TPSA) is 103 Å². The molecule has 0 amide bonds. The molecule has 0 aliphatic rings. The molecule has 0 bridgehead atoms. The van der Waals surface area contributed by atoms with Crippen molar-refractivity contribution in [1.29, 1.82) is 0 Å². The molecule has 0 spiro atoms. The van der Waals surface area contributed by atoms with Gasteiger partial charge in [-0.15, -0.1) is 5.10 Å². The summed E-state index contributed by atoms with van der Waals surface area (Å²) < 4.78 is 28.4. The minimum Gasteiger partial charge on any atom is -0.326 e. The van der Waals surface area contributed by atoms with Crippen LogP contribution in [0.4, 0.5) is 0 Å². The van der Waals surface area contributed by atoms with Crippen molar-refractivity contribution in [2.24, 2.45) is 5.73 Å². The largest absolute Gasteiger partial charge is 0.326 e. The van der Waals surface area contributed by atoms with Crippen molar-refractivity contribution in [3.63, 3.8) is 0 Å².